The first-order valence-electron chi connectivity index (χ1n) is 9.91. The first-order valence-corrected chi connectivity index (χ1v) is 13.6. The van der Waals surface area contributed by atoms with Crippen LogP contribution < -0.4 is 0 Å². The highest BCUT2D eigenvalue weighted by Gasteiger charge is 2.65. The van der Waals surface area contributed by atoms with Crippen molar-refractivity contribution in [3.05, 3.63) is 0 Å². The van der Waals surface area contributed by atoms with E-state index in [1.807, 2.05) is 48.5 Å². The standard InChI is InChI=1S/C20H36O5S2/c1-8-26(9-2,13-17(22)18(3,4)5)25-27(23,24)14-20-11-10-15(12-16(20)21)19(20,6)7/h15H,8-14H2,1-7H3. The predicted molar refractivity (Wildman–Crippen MR) is 111 cm³/mol. The molecule has 0 heterocycles. The Hall–Kier alpha value is -0.400. The van der Waals surface area contributed by atoms with Crippen LogP contribution >= 0.6 is 10.3 Å². The molecular formula is C20H36O5S2. The molecule has 27 heavy (non-hydrogen) atoms. The van der Waals surface area contributed by atoms with Gasteiger partial charge in [-0.25, -0.2) is 3.63 Å². The first-order chi connectivity index (χ1) is 12.1. The zero-order chi connectivity index (χ0) is 20.9. The minimum atomic E-state index is -3.92. The Morgan fingerprint density at radius 2 is 1.74 bits per heavy atom. The van der Waals surface area contributed by atoms with Gasteiger partial charge >= 0.3 is 0 Å². The van der Waals surface area contributed by atoms with Gasteiger partial charge in [0.15, 0.2) is 0 Å². The smallest absolute Gasteiger partial charge is 0.277 e. The predicted octanol–water partition coefficient (Wildman–Crippen LogP) is 4.10. The molecule has 2 rings (SSSR count). The molecule has 2 atom stereocenters. The number of carbonyl (C=O) groups is 2. The number of hydrogen-bond donors (Lipinski definition) is 0. The van der Waals surface area contributed by atoms with Crippen LogP contribution in [0.25, 0.3) is 0 Å². The Morgan fingerprint density at radius 1 is 1.19 bits per heavy atom. The Kier molecular flexibility index (Phi) is 6.05. The Balaban J connectivity index is 2.27. The number of hydrogen-bond acceptors (Lipinski definition) is 5. The summed E-state index contributed by atoms with van der Waals surface area (Å²) < 4.78 is 32.0. The second-order valence-electron chi connectivity index (χ2n) is 9.80. The van der Waals surface area contributed by atoms with E-state index in [0.717, 1.165) is 6.42 Å². The third-order valence-corrected chi connectivity index (χ3v) is 12.8. The van der Waals surface area contributed by atoms with E-state index in [1.165, 1.54) is 0 Å². The molecule has 0 aliphatic heterocycles. The molecule has 0 aromatic rings. The lowest BCUT2D eigenvalue weighted by atomic mass is 9.70. The average molecular weight is 421 g/mol. The SMILES string of the molecule is CCS(CC)(CC(=O)C(C)(C)C)OS(=O)(=O)CC12CCC(CC1=O)C2(C)C. The molecule has 0 aromatic carbocycles. The van der Waals surface area contributed by atoms with Gasteiger partial charge in [0, 0.05) is 11.8 Å². The van der Waals surface area contributed by atoms with E-state index in [2.05, 4.69) is 0 Å². The molecule has 0 N–H and O–H groups in total. The molecular weight excluding hydrogens is 384 g/mol. The van der Waals surface area contributed by atoms with Crippen molar-refractivity contribution < 1.29 is 21.6 Å². The normalized spacial score (nSPS) is 28.6. The van der Waals surface area contributed by atoms with Crippen LogP contribution in [-0.4, -0.2) is 43.0 Å². The van der Waals surface area contributed by atoms with Gasteiger partial charge in [0.2, 0.25) is 0 Å². The molecule has 2 aliphatic carbocycles. The summed E-state index contributed by atoms with van der Waals surface area (Å²) in [5.41, 5.74) is -1.69. The molecule has 158 valence electrons. The Morgan fingerprint density at radius 3 is 2.11 bits per heavy atom. The molecule has 0 aromatic heterocycles. The summed E-state index contributed by atoms with van der Waals surface area (Å²) in [6, 6.07) is 0. The molecule has 7 heteroatoms. The molecule has 0 saturated heterocycles. The van der Waals surface area contributed by atoms with E-state index in [0.29, 0.717) is 24.3 Å². The van der Waals surface area contributed by atoms with E-state index >= 15 is 0 Å². The lowest BCUT2D eigenvalue weighted by Crippen LogP contribution is -2.43. The van der Waals surface area contributed by atoms with Gasteiger partial charge in [0.1, 0.15) is 11.6 Å². The van der Waals surface area contributed by atoms with Crippen LogP contribution in [0.2, 0.25) is 0 Å². The number of ketones is 2. The van der Waals surface area contributed by atoms with E-state index in [-0.39, 0.29) is 34.4 Å². The van der Waals surface area contributed by atoms with E-state index < -0.39 is 31.3 Å². The van der Waals surface area contributed by atoms with Gasteiger partial charge < -0.3 is 0 Å². The zero-order valence-corrected chi connectivity index (χ0v) is 19.5. The van der Waals surface area contributed by atoms with Crippen LogP contribution in [-0.2, 0) is 23.3 Å². The fourth-order valence-electron chi connectivity index (χ4n) is 4.64. The summed E-state index contributed by atoms with van der Waals surface area (Å²) in [7, 11) is -6.00. The summed E-state index contributed by atoms with van der Waals surface area (Å²) in [6.45, 7) is 13.4. The second-order valence-corrected chi connectivity index (χ2v) is 15.1. The quantitative estimate of drug-likeness (QED) is 0.591. The van der Waals surface area contributed by atoms with E-state index in [9.17, 15) is 18.0 Å². The van der Waals surface area contributed by atoms with Crippen molar-refractivity contribution in [3.8, 4) is 0 Å². The summed E-state index contributed by atoms with van der Waals surface area (Å²) >= 11 is 0. The molecule has 2 fully saturated rings. The van der Waals surface area contributed by atoms with E-state index in [1.54, 1.807) is 0 Å². The van der Waals surface area contributed by atoms with Crippen molar-refractivity contribution in [2.24, 2.45) is 22.2 Å². The van der Waals surface area contributed by atoms with Gasteiger partial charge in [0.25, 0.3) is 10.1 Å². The molecule has 2 saturated carbocycles. The highest BCUT2D eigenvalue weighted by atomic mass is 32.3. The minimum Gasteiger partial charge on any atom is -0.299 e. The second kappa shape index (κ2) is 7.13. The zero-order valence-electron chi connectivity index (χ0n) is 17.9. The Labute approximate surface area is 166 Å². The van der Waals surface area contributed by atoms with Gasteiger partial charge in [-0.1, -0.05) is 48.5 Å². The fraction of sp³-hybridized carbons (Fsp3) is 0.900. The van der Waals surface area contributed by atoms with Crippen LogP contribution in [0, 0.1) is 22.2 Å². The van der Waals surface area contributed by atoms with Gasteiger partial charge in [-0.2, -0.15) is 8.42 Å². The number of carbonyl (C=O) groups excluding carboxylic acids is 2. The van der Waals surface area contributed by atoms with E-state index in [4.69, 9.17) is 3.63 Å². The molecule has 0 amide bonds. The van der Waals surface area contributed by atoms with Gasteiger partial charge in [0.05, 0.1) is 16.9 Å². The summed E-state index contributed by atoms with van der Waals surface area (Å²) in [5, 5.41) is 0. The van der Waals surface area contributed by atoms with Crippen LogP contribution in [0.15, 0.2) is 0 Å². The van der Waals surface area contributed by atoms with Crippen molar-refractivity contribution >= 4 is 32.0 Å². The number of fused-ring (bicyclic) bond motifs is 2. The van der Waals surface area contributed by atoms with Crippen molar-refractivity contribution in [3.63, 3.8) is 0 Å². The van der Waals surface area contributed by atoms with Crippen LogP contribution in [0.3, 0.4) is 0 Å². The maximum Gasteiger partial charge on any atom is 0.277 e. The first kappa shape index (κ1) is 22.9. The fourth-order valence-corrected chi connectivity index (χ4v) is 10.6. The van der Waals surface area contributed by atoms with Crippen LogP contribution in [0.1, 0.15) is 67.7 Å². The number of rotatable bonds is 8. The van der Waals surface area contributed by atoms with Crippen molar-refractivity contribution in [2.75, 3.05) is 23.0 Å². The third kappa shape index (κ3) is 4.01. The van der Waals surface area contributed by atoms with Crippen LogP contribution in [0.5, 0.6) is 0 Å². The molecule has 2 bridgehead atoms. The lowest BCUT2D eigenvalue weighted by molar-refractivity contribution is -0.128. The minimum absolute atomic E-state index is 0.0211. The van der Waals surface area contributed by atoms with Gasteiger partial charge in [-0.3, -0.25) is 9.59 Å². The monoisotopic (exact) mass is 420 g/mol. The highest BCUT2D eigenvalue weighted by Crippen LogP contribution is 2.65. The molecule has 2 aliphatic rings. The Bertz CT molecular complexity index is 713. The van der Waals surface area contributed by atoms with Crippen molar-refractivity contribution in [1.29, 1.82) is 0 Å². The summed E-state index contributed by atoms with van der Waals surface area (Å²) in [6.07, 6.45) is 1.99. The molecule has 5 nitrogen and oxygen atoms in total. The maximum atomic E-state index is 13.1. The number of Topliss-reactive ketones (excluding diaryl/α,β-unsaturated/α-hetero) is 2. The highest BCUT2D eigenvalue weighted by molar-refractivity contribution is 8.33. The van der Waals surface area contributed by atoms with Gasteiger partial charge in [-0.05, 0) is 35.7 Å². The summed E-state index contributed by atoms with van der Waals surface area (Å²) in [5.74, 6) is 1.27. The van der Waals surface area contributed by atoms with Crippen molar-refractivity contribution in [1.82, 2.24) is 0 Å². The van der Waals surface area contributed by atoms with Crippen molar-refractivity contribution in [2.45, 2.75) is 67.7 Å². The van der Waals surface area contributed by atoms with Gasteiger partial charge in [-0.15, -0.1) is 10.3 Å². The maximum absolute atomic E-state index is 13.1. The van der Waals surface area contributed by atoms with Crippen LogP contribution in [0.4, 0.5) is 0 Å². The molecule has 0 spiro atoms. The third-order valence-electron chi connectivity index (χ3n) is 7.09. The largest absolute Gasteiger partial charge is 0.299 e. The summed E-state index contributed by atoms with van der Waals surface area (Å²) in [4.78, 5) is 25.3. The average Bonchev–Trinajstić information content (AvgIpc) is 2.86. The lowest BCUT2D eigenvalue weighted by Gasteiger charge is -2.40. The molecule has 2 unspecified atom stereocenters. The topological polar surface area (TPSA) is 77.5 Å². The molecule has 0 radical (unpaired) electrons.